The summed E-state index contributed by atoms with van der Waals surface area (Å²) in [5, 5.41) is 3.21. The summed E-state index contributed by atoms with van der Waals surface area (Å²) in [6, 6.07) is 0. The van der Waals surface area contributed by atoms with E-state index in [1.54, 1.807) is 0 Å². The molecule has 1 unspecified atom stereocenters. The molecule has 0 saturated heterocycles. The quantitative estimate of drug-likeness (QED) is 0.669. The molecule has 0 spiro atoms. The minimum Gasteiger partial charge on any atom is -0.462 e. The standard InChI is InChI=1S/C11H23NO2/c1-6-7-10(14-9(2)13)8-11(3,4)12-5/h10,12H,6-8H2,1-5H3. The molecule has 0 aliphatic heterocycles. The Hall–Kier alpha value is -0.570. The van der Waals surface area contributed by atoms with E-state index < -0.39 is 0 Å². The minimum atomic E-state index is -0.185. The Morgan fingerprint density at radius 3 is 2.43 bits per heavy atom. The fraction of sp³-hybridized carbons (Fsp3) is 0.909. The van der Waals surface area contributed by atoms with Crippen LogP contribution in [0.1, 0.15) is 47.0 Å². The molecule has 1 atom stereocenters. The summed E-state index contributed by atoms with van der Waals surface area (Å²) < 4.78 is 5.25. The zero-order chi connectivity index (χ0) is 11.2. The third-order valence-electron chi connectivity index (χ3n) is 2.36. The zero-order valence-electron chi connectivity index (χ0n) is 10.0. The van der Waals surface area contributed by atoms with Gasteiger partial charge in [-0.05, 0) is 27.3 Å². The summed E-state index contributed by atoms with van der Waals surface area (Å²) in [6.07, 6.45) is 2.87. The van der Waals surface area contributed by atoms with Crippen molar-refractivity contribution in [3.8, 4) is 0 Å². The fourth-order valence-electron chi connectivity index (χ4n) is 1.43. The van der Waals surface area contributed by atoms with Gasteiger partial charge >= 0.3 is 5.97 Å². The molecule has 0 radical (unpaired) electrons. The molecule has 0 rings (SSSR count). The van der Waals surface area contributed by atoms with Crippen LogP contribution in [0.2, 0.25) is 0 Å². The van der Waals surface area contributed by atoms with Crippen molar-refractivity contribution >= 4 is 5.97 Å². The molecule has 0 amide bonds. The zero-order valence-corrected chi connectivity index (χ0v) is 10.0. The van der Waals surface area contributed by atoms with Crippen molar-refractivity contribution in [2.75, 3.05) is 7.05 Å². The third-order valence-corrected chi connectivity index (χ3v) is 2.36. The molecule has 0 aromatic carbocycles. The lowest BCUT2D eigenvalue weighted by Gasteiger charge is -2.28. The van der Waals surface area contributed by atoms with Crippen LogP contribution in [0.5, 0.6) is 0 Å². The number of esters is 1. The molecule has 3 nitrogen and oxygen atoms in total. The van der Waals surface area contributed by atoms with Gasteiger partial charge in [-0.2, -0.15) is 0 Å². The Bertz CT molecular complexity index is 178. The Labute approximate surface area is 87.2 Å². The molecule has 0 aliphatic carbocycles. The van der Waals surface area contributed by atoms with Crippen LogP contribution in [0.3, 0.4) is 0 Å². The van der Waals surface area contributed by atoms with Gasteiger partial charge in [0.05, 0.1) is 0 Å². The van der Waals surface area contributed by atoms with E-state index in [2.05, 4.69) is 26.1 Å². The Morgan fingerprint density at radius 1 is 1.50 bits per heavy atom. The van der Waals surface area contributed by atoms with E-state index >= 15 is 0 Å². The van der Waals surface area contributed by atoms with E-state index in [-0.39, 0.29) is 17.6 Å². The van der Waals surface area contributed by atoms with Gasteiger partial charge in [-0.1, -0.05) is 13.3 Å². The summed E-state index contributed by atoms with van der Waals surface area (Å²) in [4.78, 5) is 10.9. The molecular formula is C11H23NO2. The number of hydrogen-bond acceptors (Lipinski definition) is 3. The highest BCUT2D eigenvalue weighted by molar-refractivity contribution is 5.66. The van der Waals surface area contributed by atoms with Crippen LogP contribution in [-0.4, -0.2) is 24.7 Å². The van der Waals surface area contributed by atoms with Crippen LogP contribution < -0.4 is 5.32 Å². The Kier molecular flexibility index (Phi) is 5.77. The van der Waals surface area contributed by atoms with Crippen molar-refractivity contribution in [3.63, 3.8) is 0 Å². The lowest BCUT2D eigenvalue weighted by atomic mass is 9.95. The molecule has 0 bridgehead atoms. The SMILES string of the molecule is CCCC(CC(C)(C)NC)OC(C)=O. The first-order valence-corrected chi connectivity index (χ1v) is 5.27. The first-order valence-electron chi connectivity index (χ1n) is 5.27. The van der Waals surface area contributed by atoms with Crippen molar-refractivity contribution in [1.82, 2.24) is 5.32 Å². The summed E-state index contributed by atoms with van der Waals surface area (Å²) in [6.45, 7) is 7.79. The second-order valence-corrected chi connectivity index (χ2v) is 4.36. The molecule has 0 heterocycles. The van der Waals surface area contributed by atoms with Gasteiger partial charge in [0.25, 0.3) is 0 Å². The van der Waals surface area contributed by atoms with Gasteiger partial charge in [-0.15, -0.1) is 0 Å². The van der Waals surface area contributed by atoms with Crippen LogP contribution in [0.25, 0.3) is 0 Å². The molecule has 0 aliphatic rings. The lowest BCUT2D eigenvalue weighted by molar-refractivity contribution is -0.147. The van der Waals surface area contributed by atoms with Crippen LogP contribution in [0.15, 0.2) is 0 Å². The number of rotatable bonds is 6. The van der Waals surface area contributed by atoms with Crippen molar-refractivity contribution in [2.24, 2.45) is 0 Å². The molecule has 1 N–H and O–H groups in total. The van der Waals surface area contributed by atoms with E-state index in [9.17, 15) is 4.79 Å². The average molecular weight is 201 g/mol. The lowest BCUT2D eigenvalue weighted by Crippen LogP contribution is -2.40. The normalized spacial score (nSPS) is 13.8. The van der Waals surface area contributed by atoms with Crippen molar-refractivity contribution in [3.05, 3.63) is 0 Å². The molecule has 84 valence electrons. The molecular weight excluding hydrogens is 178 g/mol. The Morgan fingerprint density at radius 2 is 2.07 bits per heavy atom. The predicted molar refractivity (Wildman–Crippen MR) is 58.2 cm³/mol. The number of ether oxygens (including phenoxy) is 1. The number of carbonyl (C=O) groups excluding carboxylic acids is 1. The minimum absolute atomic E-state index is 0.0231. The smallest absolute Gasteiger partial charge is 0.302 e. The summed E-state index contributed by atoms with van der Waals surface area (Å²) >= 11 is 0. The van der Waals surface area contributed by atoms with Gasteiger partial charge in [-0.3, -0.25) is 4.79 Å². The van der Waals surface area contributed by atoms with E-state index in [1.165, 1.54) is 6.92 Å². The molecule has 3 heteroatoms. The van der Waals surface area contributed by atoms with Crippen LogP contribution in [0, 0.1) is 0 Å². The van der Waals surface area contributed by atoms with Crippen molar-refractivity contribution < 1.29 is 9.53 Å². The second-order valence-electron chi connectivity index (χ2n) is 4.36. The fourth-order valence-corrected chi connectivity index (χ4v) is 1.43. The third kappa shape index (κ3) is 5.97. The molecule has 0 aromatic heterocycles. The highest BCUT2D eigenvalue weighted by Gasteiger charge is 2.22. The highest BCUT2D eigenvalue weighted by Crippen LogP contribution is 2.17. The van der Waals surface area contributed by atoms with Gasteiger partial charge in [0, 0.05) is 18.9 Å². The van der Waals surface area contributed by atoms with Gasteiger partial charge < -0.3 is 10.1 Å². The maximum absolute atomic E-state index is 10.9. The second kappa shape index (κ2) is 6.02. The summed E-state index contributed by atoms with van der Waals surface area (Å²) in [5.41, 5.74) is 0.0231. The average Bonchev–Trinajstić information content (AvgIpc) is 2.03. The monoisotopic (exact) mass is 201 g/mol. The molecule has 0 fully saturated rings. The van der Waals surface area contributed by atoms with Crippen LogP contribution in [0.4, 0.5) is 0 Å². The van der Waals surface area contributed by atoms with Gasteiger partial charge in [0.2, 0.25) is 0 Å². The van der Waals surface area contributed by atoms with Crippen molar-refractivity contribution in [1.29, 1.82) is 0 Å². The van der Waals surface area contributed by atoms with E-state index in [0.29, 0.717) is 0 Å². The van der Waals surface area contributed by atoms with E-state index in [1.807, 2.05) is 7.05 Å². The first kappa shape index (κ1) is 13.4. The largest absolute Gasteiger partial charge is 0.462 e. The summed E-state index contributed by atoms with van der Waals surface area (Å²) in [5.74, 6) is -0.185. The summed E-state index contributed by atoms with van der Waals surface area (Å²) in [7, 11) is 1.93. The van der Waals surface area contributed by atoms with E-state index in [0.717, 1.165) is 19.3 Å². The highest BCUT2D eigenvalue weighted by atomic mass is 16.5. The maximum atomic E-state index is 10.9. The topological polar surface area (TPSA) is 38.3 Å². The number of nitrogens with one attached hydrogen (secondary N) is 1. The van der Waals surface area contributed by atoms with Crippen LogP contribution >= 0.6 is 0 Å². The number of hydrogen-bond donors (Lipinski definition) is 1. The van der Waals surface area contributed by atoms with E-state index in [4.69, 9.17) is 4.74 Å². The Balaban J connectivity index is 4.14. The van der Waals surface area contributed by atoms with Gasteiger partial charge in [-0.25, -0.2) is 0 Å². The number of carbonyl (C=O) groups is 1. The molecule has 0 saturated carbocycles. The molecule has 0 aromatic rings. The first-order chi connectivity index (χ1) is 6.41. The van der Waals surface area contributed by atoms with Crippen LogP contribution in [-0.2, 0) is 9.53 Å². The van der Waals surface area contributed by atoms with Gasteiger partial charge in [0.15, 0.2) is 0 Å². The van der Waals surface area contributed by atoms with Crippen molar-refractivity contribution in [2.45, 2.75) is 58.6 Å². The van der Waals surface area contributed by atoms with Gasteiger partial charge in [0.1, 0.15) is 6.10 Å². The predicted octanol–water partition coefficient (Wildman–Crippen LogP) is 2.11. The molecule has 14 heavy (non-hydrogen) atoms. The maximum Gasteiger partial charge on any atom is 0.302 e.